The van der Waals surface area contributed by atoms with Crippen molar-refractivity contribution in [2.75, 3.05) is 32.4 Å². The van der Waals surface area contributed by atoms with Crippen molar-refractivity contribution in [1.29, 1.82) is 0 Å². The van der Waals surface area contributed by atoms with Gasteiger partial charge in [0.15, 0.2) is 0 Å². The minimum atomic E-state index is -3.04. The first-order chi connectivity index (χ1) is 7.41. The lowest BCUT2D eigenvalue weighted by Crippen LogP contribution is -2.32. The van der Waals surface area contributed by atoms with Crippen molar-refractivity contribution < 1.29 is 8.42 Å². The van der Waals surface area contributed by atoms with E-state index < -0.39 is 10.0 Å². The quantitative estimate of drug-likeness (QED) is 0.493. The highest BCUT2D eigenvalue weighted by Gasteiger charge is 2.12. The van der Waals surface area contributed by atoms with E-state index in [2.05, 4.69) is 18.8 Å². The molecule has 0 atom stereocenters. The Morgan fingerprint density at radius 1 is 1.38 bits per heavy atom. The van der Waals surface area contributed by atoms with Crippen LogP contribution >= 0.6 is 0 Å². The minimum Gasteiger partial charge on any atom is -0.313 e. The van der Waals surface area contributed by atoms with Gasteiger partial charge in [-0.1, -0.05) is 26.0 Å². The monoisotopic (exact) mass is 248 g/mol. The van der Waals surface area contributed by atoms with Gasteiger partial charge in [0, 0.05) is 19.6 Å². The van der Waals surface area contributed by atoms with Crippen LogP contribution in [0.1, 0.15) is 26.7 Å². The summed E-state index contributed by atoms with van der Waals surface area (Å²) in [6, 6.07) is 0. The number of sulfonamides is 1. The predicted octanol–water partition coefficient (Wildman–Crippen LogP) is 1.21. The van der Waals surface area contributed by atoms with E-state index in [4.69, 9.17) is 0 Å². The summed E-state index contributed by atoms with van der Waals surface area (Å²) in [5, 5.41) is 3.25. The van der Waals surface area contributed by atoms with Gasteiger partial charge in [-0.3, -0.25) is 0 Å². The first-order valence-corrected chi connectivity index (χ1v) is 7.59. The highest BCUT2D eigenvalue weighted by atomic mass is 32.2. The number of rotatable bonds is 9. The third kappa shape index (κ3) is 6.98. The van der Waals surface area contributed by atoms with Crippen LogP contribution in [0.25, 0.3) is 0 Å². The number of nitrogens with one attached hydrogen (secondary N) is 1. The van der Waals surface area contributed by atoms with Gasteiger partial charge in [-0.2, -0.15) is 0 Å². The Morgan fingerprint density at radius 2 is 2.00 bits per heavy atom. The molecule has 0 bridgehead atoms. The van der Waals surface area contributed by atoms with Gasteiger partial charge in [-0.05, 0) is 19.4 Å². The third-order valence-corrected chi connectivity index (χ3v) is 3.84. The largest absolute Gasteiger partial charge is 0.313 e. The van der Waals surface area contributed by atoms with E-state index in [0.29, 0.717) is 13.1 Å². The lowest BCUT2D eigenvalue weighted by Gasteiger charge is -2.17. The van der Waals surface area contributed by atoms with Crippen molar-refractivity contribution in [1.82, 2.24) is 9.62 Å². The Balaban J connectivity index is 3.69. The molecular weight excluding hydrogens is 224 g/mol. The Bertz CT molecular complexity index is 299. The summed E-state index contributed by atoms with van der Waals surface area (Å²) in [5.41, 5.74) is 1.18. The molecule has 16 heavy (non-hydrogen) atoms. The summed E-state index contributed by atoms with van der Waals surface area (Å²) < 4.78 is 24.0. The SMILES string of the molecule is C=C(CC)CNCCCN(CC)S(C)(=O)=O. The average molecular weight is 248 g/mol. The highest BCUT2D eigenvalue weighted by Crippen LogP contribution is 1.98. The average Bonchev–Trinajstić information content (AvgIpc) is 2.20. The molecule has 96 valence electrons. The van der Waals surface area contributed by atoms with Crippen LogP contribution in [0, 0.1) is 0 Å². The first-order valence-electron chi connectivity index (χ1n) is 5.74. The molecule has 0 aromatic rings. The van der Waals surface area contributed by atoms with Crippen LogP contribution < -0.4 is 5.32 Å². The molecule has 0 unspecified atom stereocenters. The minimum absolute atomic E-state index is 0.542. The van der Waals surface area contributed by atoms with E-state index in [1.54, 1.807) is 0 Å². The summed E-state index contributed by atoms with van der Waals surface area (Å²) >= 11 is 0. The van der Waals surface area contributed by atoms with Crippen LogP contribution in [-0.4, -0.2) is 45.2 Å². The summed E-state index contributed by atoms with van der Waals surface area (Å²) in [5.74, 6) is 0. The van der Waals surface area contributed by atoms with Crippen LogP contribution in [0.5, 0.6) is 0 Å². The van der Waals surface area contributed by atoms with E-state index >= 15 is 0 Å². The second-order valence-corrected chi connectivity index (χ2v) is 5.87. The van der Waals surface area contributed by atoms with Crippen molar-refractivity contribution in [3.05, 3.63) is 12.2 Å². The first kappa shape index (κ1) is 15.6. The van der Waals surface area contributed by atoms with Crippen molar-refractivity contribution in [2.45, 2.75) is 26.7 Å². The highest BCUT2D eigenvalue weighted by molar-refractivity contribution is 7.88. The zero-order chi connectivity index (χ0) is 12.6. The summed E-state index contributed by atoms with van der Waals surface area (Å²) in [6.07, 6.45) is 3.07. The maximum Gasteiger partial charge on any atom is 0.211 e. The second kappa shape index (κ2) is 7.81. The molecule has 0 aromatic heterocycles. The standard InChI is InChI=1S/C11H24N2O2S/c1-5-11(3)10-12-8-7-9-13(6-2)16(4,14)15/h12H,3,5-10H2,1-2,4H3. The number of hydrogen-bond donors (Lipinski definition) is 1. The van der Waals surface area contributed by atoms with Gasteiger partial charge in [0.2, 0.25) is 10.0 Å². The molecular formula is C11H24N2O2S. The Labute approximate surface area is 99.8 Å². The topological polar surface area (TPSA) is 49.4 Å². The molecule has 0 saturated carbocycles. The van der Waals surface area contributed by atoms with E-state index in [-0.39, 0.29) is 0 Å². The zero-order valence-electron chi connectivity index (χ0n) is 10.6. The molecule has 0 saturated heterocycles. The van der Waals surface area contributed by atoms with Crippen LogP contribution in [0.3, 0.4) is 0 Å². The normalized spacial score (nSPS) is 12.0. The fourth-order valence-electron chi connectivity index (χ4n) is 1.33. The second-order valence-electron chi connectivity index (χ2n) is 3.89. The van der Waals surface area contributed by atoms with Gasteiger partial charge in [0.25, 0.3) is 0 Å². The lowest BCUT2D eigenvalue weighted by atomic mass is 10.2. The molecule has 4 nitrogen and oxygen atoms in total. The number of hydrogen-bond acceptors (Lipinski definition) is 3. The molecule has 5 heteroatoms. The van der Waals surface area contributed by atoms with Gasteiger partial charge >= 0.3 is 0 Å². The van der Waals surface area contributed by atoms with Crippen molar-refractivity contribution in [3.63, 3.8) is 0 Å². The van der Waals surface area contributed by atoms with Gasteiger partial charge < -0.3 is 5.32 Å². The Kier molecular flexibility index (Phi) is 7.62. The van der Waals surface area contributed by atoms with Crippen LogP contribution in [0.15, 0.2) is 12.2 Å². The maximum atomic E-state index is 11.3. The van der Waals surface area contributed by atoms with Gasteiger partial charge in [-0.25, -0.2) is 12.7 Å². The fourth-order valence-corrected chi connectivity index (χ4v) is 2.26. The van der Waals surface area contributed by atoms with Gasteiger partial charge in [0.05, 0.1) is 6.26 Å². The van der Waals surface area contributed by atoms with E-state index in [9.17, 15) is 8.42 Å². The fraction of sp³-hybridized carbons (Fsp3) is 0.818. The summed E-state index contributed by atoms with van der Waals surface area (Å²) in [4.78, 5) is 0. The van der Waals surface area contributed by atoms with E-state index in [1.165, 1.54) is 16.1 Å². The van der Waals surface area contributed by atoms with E-state index in [0.717, 1.165) is 25.9 Å². The molecule has 0 spiro atoms. The summed E-state index contributed by atoms with van der Waals surface area (Å²) in [7, 11) is -3.04. The third-order valence-electron chi connectivity index (χ3n) is 2.46. The van der Waals surface area contributed by atoms with Gasteiger partial charge in [0.1, 0.15) is 0 Å². The van der Waals surface area contributed by atoms with Crippen molar-refractivity contribution >= 4 is 10.0 Å². The molecule has 0 aromatic carbocycles. The molecule has 0 amide bonds. The lowest BCUT2D eigenvalue weighted by molar-refractivity contribution is 0.420. The predicted molar refractivity (Wildman–Crippen MR) is 69.0 cm³/mol. The number of nitrogens with zero attached hydrogens (tertiary/aromatic N) is 1. The summed E-state index contributed by atoms with van der Waals surface area (Å²) in [6.45, 7) is 10.6. The Hall–Kier alpha value is -0.390. The smallest absolute Gasteiger partial charge is 0.211 e. The molecule has 0 aliphatic rings. The molecule has 0 rings (SSSR count). The van der Waals surface area contributed by atoms with Crippen LogP contribution in [0.4, 0.5) is 0 Å². The van der Waals surface area contributed by atoms with Crippen molar-refractivity contribution in [2.24, 2.45) is 0 Å². The molecule has 0 aliphatic heterocycles. The van der Waals surface area contributed by atoms with E-state index in [1.807, 2.05) is 6.92 Å². The molecule has 1 N–H and O–H groups in total. The van der Waals surface area contributed by atoms with Gasteiger partial charge in [-0.15, -0.1) is 0 Å². The molecule has 0 radical (unpaired) electrons. The molecule has 0 aliphatic carbocycles. The zero-order valence-corrected chi connectivity index (χ0v) is 11.4. The van der Waals surface area contributed by atoms with Crippen LogP contribution in [-0.2, 0) is 10.0 Å². The van der Waals surface area contributed by atoms with Crippen molar-refractivity contribution in [3.8, 4) is 0 Å². The molecule has 0 fully saturated rings. The van der Waals surface area contributed by atoms with Crippen LogP contribution in [0.2, 0.25) is 0 Å². The maximum absolute atomic E-state index is 11.3. The Morgan fingerprint density at radius 3 is 2.44 bits per heavy atom. The molecule has 0 heterocycles.